The van der Waals surface area contributed by atoms with E-state index >= 15 is 0 Å². The fourth-order valence-electron chi connectivity index (χ4n) is 2.95. The van der Waals surface area contributed by atoms with Crippen molar-refractivity contribution in [3.63, 3.8) is 0 Å². The summed E-state index contributed by atoms with van der Waals surface area (Å²) in [4.78, 5) is 27.3. The Morgan fingerprint density at radius 2 is 1.94 bits per heavy atom. The summed E-state index contributed by atoms with van der Waals surface area (Å²) in [5, 5.41) is 18.1. The van der Waals surface area contributed by atoms with Gasteiger partial charge in [-0.2, -0.15) is 4.98 Å². The van der Waals surface area contributed by atoms with Gasteiger partial charge in [0.1, 0.15) is 0 Å². The summed E-state index contributed by atoms with van der Waals surface area (Å²) in [6, 6.07) is 16.2. The molecule has 2 heterocycles. The first-order valence-corrected chi connectivity index (χ1v) is 9.74. The highest BCUT2D eigenvalue weighted by atomic mass is 16.6. The highest BCUT2D eigenvalue weighted by Crippen LogP contribution is 2.25. The lowest BCUT2D eigenvalue weighted by Gasteiger charge is -2.08. The molecule has 2 aromatic heterocycles. The van der Waals surface area contributed by atoms with Gasteiger partial charge in [-0.3, -0.25) is 14.9 Å². The number of benzene rings is 2. The smallest absolute Gasteiger partial charge is 0.336 e. The molecule has 0 aliphatic carbocycles. The van der Waals surface area contributed by atoms with E-state index in [1.54, 1.807) is 47.3 Å². The van der Waals surface area contributed by atoms with E-state index in [4.69, 9.17) is 9.15 Å². The summed E-state index contributed by atoms with van der Waals surface area (Å²) in [5.74, 6) is 0.546. The fourth-order valence-corrected chi connectivity index (χ4v) is 2.95. The van der Waals surface area contributed by atoms with E-state index in [1.807, 2.05) is 13.8 Å². The Hall–Kier alpha value is -4.47. The van der Waals surface area contributed by atoms with Gasteiger partial charge in [0.05, 0.1) is 23.0 Å². The maximum Gasteiger partial charge on any atom is 0.336 e. The van der Waals surface area contributed by atoms with E-state index in [0.717, 1.165) is 0 Å². The number of aromatic nitrogens is 3. The molecule has 0 radical (unpaired) electrons. The third-order valence-corrected chi connectivity index (χ3v) is 4.36. The fraction of sp³-hybridized carbons (Fsp3) is 0.136. The van der Waals surface area contributed by atoms with Crippen molar-refractivity contribution in [3.8, 4) is 23.3 Å². The first-order valence-electron chi connectivity index (χ1n) is 9.74. The van der Waals surface area contributed by atoms with E-state index in [0.29, 0.717) is 23.0 Å². The summed E-state index contributed by atoms with van der Waals surface area (Å²) in [7, 11) is 0. The second-order valence-electron chi connectivity index (χ2n) is 7.08. The number of nitro benzene ring substituents is 1. The molecule has 0 aliphatic heterocycles. The van der Waals surface area contributed by atoms with Crippen molar-refractivity contribution >= 4 is 17.3 Å². The molecule has 10 nitrogen and oxygen atoms in total. The summed E-state index contributed by atoms with van der Waals surface area (Å²) < 4.78 is 12.7. The molecule has 0 spiro atoms. The summed E-state index contributed by atoms with van der Waals surface area (Å²) in [6.07, 6.45) is 1.45. The number of rotatable bonds is 7. The number of amides is 1. The maximum absolute atomic E-state index is 12.5. The number of nitro groups is 1. The highest BCUT2D eigenvalue weighted by molar-refractivity contribution is 6.04. The van der Waals surface area contributed by atoms with E-state index in [2.05, 4.69) is 15.4 Å². The van der Waals surface area contributed by atoms with Gasteiger partial charge in [0.2, 0.25) is 5.82 Å². The maximum atomic E-state index is 12.5. The van der Waals surface area contributed by atoms with Crippen molar-refractivity contribution in [1.82, 2.24) is 14.8 Å². The molecule has 1 amide bonds. The second kappa shape index (κ2) is 8.72. The Morgan fingerprint density at radius 1 is 1.16 bits per heavy atom. The summed E-state index contributed by atoms with van der Waals surface area (Å²) in [5.41, 5.74) is 1.23. The zero-order valence-corrected chi connectivity index (χ0v) is 17.3. The Labute approximate surface area is 182 Å². The van der Waals surface area contributed by atoms with Crippen LogP contribution in [-0.4, -0.2) is 31.7 Å². The van der Waals surface area contributed by atoms with Gasteiger partial charge in [-0.1, -0.05) is 6.07 Å². The first-order chi connectivity index (χ1) is 15.4. The average molecular weight is 433 g/mol. The standard InChI is InChI=1S/C22H19N5O5/c1-14(2)32-22-24-20(19-7-4-12-31-19)26(25-22)17-10-8-16(9-11-17)23-21(28)15-5-3-6-18(13-15)27(29)30/h3-14H,1-2H3,(H,23,28). The molecule has 162 valence electrons. The molecule has 10 heteroatoms. The summed E-state index contributed by atoms with van der Waals surface area (Å²) in [6.45, 7) is 3.76. The van der Waals surface area contributed by atoms with Gasteiger partial charge < -0.3 is 14.5 Å². The topological polar surface area (TPSA) is 125 Å². The van der Waals surface area contributed by atoms with Crippen molar-refractivity contribution < 1.29 is 18.9 Å². The van der Waals surface area contributed by atoms with Crippen LogP contribution >= 0.6 is 0 Å². The number of carbonyl (C=O) groups is 1. The van der Waals surface area contributed by atoms with Gasteiger partial charge in [-0.05, 0) is 56.3 Å². The van der Waals surface area contributed by atoms with Gasteiger partial charge in [-0.25, -0.2) is 4.68 Å². The van der Waals surface area contributed by atoms with Gasteiger partial charge in [-0.15, -0.1) is 5.10 Å². The molecule has 4 aromatic rings. The van der Waals surface area contributed by atoms with Crippen LogP contribution < -0.4 is 10.1 Å². The zero-order chi connectivity index (χ0) is 22.7. The van der Waals surface area contributed by atoms with Crippen LogP contribution in [0.3, 0.4) is 0 Å². The number of hydrogen-bond acceptors (Lipinski definition) is 7. The van der Waals surface area contributed by atoms with Gasteiger partial charge >= 0.3 is 6.01 Å². The van der Waals surface area contributed by atoms with Crippen molar-refractivity contribution in [2.45, 2.75) is 20.0 Å². The number of nitrogens with one attached hydrogen (secondary N) is 1. The molecule has 2 aromatic carbocycles. The largest absolute Gasteiger partial charge is 0.461 e. The number of hydrogen-bond donors (Lipinski definition) is 1. The Kier molecular flexibility index (Phi) is 5.67. The Bertz CT molecular complexity index is 1250. The predicted molar refractivity (Wildman–Crippen MR) is 116 cm³/mol. The van der Waals surface area contributed by atoms with Crippen LogP contribution in [0.15, 0.2) is 71.3 Å². The summed E-state index contributed by atoms with van der Waals surface area (Å²) >= 11 is 0. The quantitative estimate of drug-likeness (QED) is 0.336. The van der Waals surface area contributed by atoms with Crippen LogP contribution in [0.2, 0.25) is 0 Å². The van der Waals surface area contributed by atoms with Crippen LogP contribution in [0.5, 0.6) is 6.01 Å². The first kappa shape index (κ1) is 20.8. The van der Waals surface area contributed by atoms with Crippen LogP contribution in [0.4, 0.5) is 11.4 Å². The molecular formula is C22H19N5O5. The minimum Gasteiger partial charge on any atom is -0.461 e. The minimum absolute atomic E-state index is 0.0956. The van der Waals surface area contributed by atoms with Crippen molar-refractivity contribution in [1.29, 1.82) is 0 Å². The van der Waals surface area contributed by atoms with Crippen molar-refractivity contribution in [2.75, 3.05) is 5.32 Å². The number of furan rings is 1. The van der Waals surface area contributed by atoms with Crippen molar-refractivity contribution in [3.05, 3.63) is 82.6 Å². The minimum atomic E-state index is -0.544. The number of nitrogens with zero attached hydrogens (tertiary/aromatic N) is 4. The van der Waals surface area contributed by atoms with Crippen molar-refractivity contribution in [2.24, 2.45) is 0 Å². The molecule has 0 fully saturated rings. The lowest BCUT2D eigenvalue weighted by Crippen LogP contribution is -2.12. The number of carbonyl (C=O) groups excluding carboxylic acids is 1. The lowest BCUT2D eigenvalue weighted by atomic mass is 10.2. The van der Waals surface area contributed by atoms with Gasteiger partial charge in [0.25, 0.3) is 11.6 Å². The molecule has 4 rings (SSSR count). The van der Waals surface area contributed by atoms with Crippen LogP contribution in [0, 0.1) is 10.1 Å². The molecule has 0 unspecified atom stereocenters. The number of non-ortho nitro benzene ring substituents is 1. The Morgan fingerprint density at radius 3 is 2.59 bits per heavy atom. The van der Waals surface area contributed by atoms with E-state index in [1.165, 1.54) is 24.3 Å². The van der Waals surface area contributed by atoms with E-state index < -0.39 is 10.8 Å². The molecular weight excluding hydrogens is 414 g/mol. The second-order valence-corrected chi connectivity index (χ2v) is 7.08. The third kappa shape index (κ3) is 4.48. The molecule has 0 saturated heterocycles. The normalized spacial score (nSPS) is 10.8. The zero-order valence-electron chi connectivity index (χ0n) is 17.3. The predicted octanol–water partition coefficient (Wildman–Crippen LogP) is 4.48. The monoisotopic (exact) mass is 433 g/mol. The van der Waals surface area contributed by atoms with E-state index in [9.17, 15) is 14.9 Å². The molecule has 0 atom stereocenters. The van der Waals surface area contributed by atoms with Crippen LogP contribution in [-0.2, 0) is 0 Å². The molecule has 0 bridgehead atoms. The average Bonchev–Trinajstić information content (AvgIpc) is 3.44. The highest BCUT2D eigenvalue weighted by Gasteiger charge is 2.18. The number of anilines is 1. The third-order valence-electron chi connectivity index (χ3n) is 4.36. The van der Waals surface area contributed by atoms with Gasteiger partial charge in [0, 0.05) is 23.4 Å². The lowest BCUT2D eigenvalue weighted by molar-refractivity contribution is -0.384. The van der Waals surface area contributed by atoms with Crippen LogP contribution in [0.25, 0.3) is 17.3 Å². The molecule has 1 N–H and O–H groups in total. The van der Waals surface area contributed by atoms with Gasteiger partial charge in [0.15, 0.2) is 5.76 Å². The SMILES string of the molecule is CC(C)Oc1nc(-c2ccco2)n(-c2ccc(NC(=O)c3cccc([N+](=O)[O-])c3)cc2)n1. The number of ether oxygens (including phenoxy) is 1. The molecule has 0 aliphatic rings. The molecule has 32 heavy (non-hydrogen) atoms. The Balaban J connectivity index is 1.57. The van der Waals surface area contributed by atoms with E-state index in [-0.39, 0.29) is 23.4 Å². The van der Waals surface area contributed by atoms with Crippen LogP contribution in [0.1, 0.15) is 24.2 Å². The molecule has 0 saturated carbocycles.